The number of phenolic OH excluding ortho intramolecular Hbond substituents is 1. The zero-order valence-electron chi connectivity index (χ0n) is 16.9. The number of amidine groups is 1. The molecule has 0 saturated heterocycles. The van der Waals surface area contributed by atoms with Gasteiger partial charge in [0, 0.05) is 17.3 Å². The third kappa shape index (κ3) is 2.66. The van der Waals surface area contributed by atoms with Crippen LogP contribution in [0.1, 0.15) is 27.8 Å². The van der Waals surface area contributed by atoms with Crippen molar-refractivity contribution in [2.75, 3.05) is 11.5 Å². The Hall–Kier alpha value is -4.00. The maximum atomic E-state index is 13.9. The molecule has 5 rings (SSSR count). The minimum absolute atomic E-state index is 0.107. The largest absolute Gasteiger partial charge is 0.507 e. The Bertz CT molecular complexity index is 1240. The van der Waals surface area contributed by atoms with Crippen LogP contribution < -0.4 is 15.4 Å². The first-order chi connectivity index (χ1) is 15.0. The smallest absolute Gasteiger partial charge is 0.246 e. The van der Waals surface area contributed by atoms with Crippen molar-refractivity contribution < 1.29 is 19.8 Å². The van der Waals surface area contributed by atoms with Gasteiger partial charge in [-0.1, -0.05) is 53.2 Å². The maximum absolute atomic E-state index is 13.9. The van der Waals surface area contributed by atoms with Crippen LogP contribution in [0.4, 0.5) is 5.69 Å². The van der Waals surface area contributed by atoms with E-state index in [9.17, 15) is 9.90 Å². The van der Waals surface area contributed by atoms with Crippen LogP contribution in [0.2, 0.25) is 0 Å². The minimum Gasteiger partial charge on any atom is -0.507 e. The maximum Gasteiger partial charge on any atom is 0.246 e. The predicted molar refractivity (Wildman–Crippen MR) is 116 cm³/mol. The molecule has 7 nitrogen and oxygen atoms in total. The van der Waals surface area contributed by atoms with Crippen LogP contribution >= 0.6 is 0 Å². The number of phenols is 1. The number of hydrogen-bond acceptors (Lipinski definition) is 5. The second-order valence-corrected chi connectivity index (χ2v) is 7.94. The van der Waals surface area contributed by atoms with Crippen molar-refractivity contribution in [2.24, 2.45) is 10.9 Å². The first kappa shape index (κ1) is 19.0. The number of nitrogens with two attached hydrogens (primary N) is 1. The van der Waals surface area contributed by atoms with Crippen molar-refractivity contribution in [3.05, 3.63) is 88.5 Å². The summed E-state index contributed by atoms with van der Waals surface area (Å²) in [5.41, 5.74) is 9.26. The molecule has 0 aromatic heterocycles. The Balaban J connectivity index is 1.66. The molecule has 0 saturated carbocycles. The van der Waals surface area contributed by atoms with Crippen molar-refractivity contribution in [3.63, 3.8) is 0 Å². The molecule has 7 heteroatoms. The fraction of sp³-hybridized carbons (Fsp3) is 0.167. The van der Waals surface area contributed by atoms with Crippen LogP contribution in [0, 0.1) is 6.92 Å². The van der Waals surface area contributed by atoms with Gasteiger partial charge in [-0.15, -0.1) is 0 Å². The number of para-hydroxylation sites is 1. The lowest BCUT2D eigenvalue weighted by molar-refractivity contribution is -0.122. The normalized spacial score (nSPS) is 19.5. The lowest BCUT2D eigenvalue weighted by Gasteiger charge is -2.23. The summed E-state index contributed by atoms with van der Waals surface area (Å²) in [6.07, 6.45) is 0. The number of rotatable bonds is 3. The highest BCUT2D eigenvalue weighted by molar-refractivity contribution is 6.12. The molecule has 0 aliphatic carbocycles. The zero-order valence-corrected chi connectivity index (χ0v) is 16.9. The number of carbonyl (C=O) groups is 1. The number of anilines is 1. The number of fused-ring (bicyclic) bond motifs is 4. The van der Waals surface area contributed by atoms with E-state index in [0.29, 0.717) is 17.9 Å². The molecular weight excluding hydrogens is 394 g/mol. The van der Waals surface area contributed by atoms with Gasteiger partial charge in [-0.05, 0) is 30.2 Å². The van der Waals surface area contributed by atoms with Crippen molar-refractivity contribution in [1.82, 2.24) is 0 Å². The van der Waals surface area contributed by atoms with Crippen LogP contribution in [0.3, 0.4) is 0 Å². The van der Waals surface area contributed by atoms with Crippen molar-refractivity contribution in [3.8, 4) is 11.5 Å². The summed E-state index contributed by atoms with van der Waals surface area (Å²) in [6, 6.07) is 18.7. The SMILES string of the molecule is Cc1ccc(CN2C(=O)C3(COc4cc(O)c(/C(N)=N/O)cc43)c3ccccc32)cc1. The second-order valence-electron chi connectivity index (χ2n) is 7.94. The van der Waals surface area contributed by atoms with Gasteiger partial charge in [0.15, 0.2) is 5.84 Å². The van der Waals surface area contributed by atoms with E-state index >= 15 is 0 Å². The average molecular weight is 415 g/mol. The van der Waals surface area contributed by atoms with Crippen LogP contribution in [0.5, 0.6) is 11.5 Å². The standard InChI is InChI=1S/C24H21N3O4/c1-14-6-8-15(9-7-14)12-27-19-5-3-2-4-17(19)24(23(27)29)13-31-21-11-20(28)16(10-18(21)24)22(25)26-30/h2-11,28,30H,12-13H2,1H3,(H2,25,26). The summed E-state index contributed by atoms with van der Waals surface area (Å²) in [5.74, 6) is -0.115. The van der Waals surface area contributed by atoms with Gasteiger partial charge in [0.2, 0.25) is 5.91 Å². The Morgan fingerprint density at radius 3 is 2.65 bits per heavy atom. The molecule has 2 aliphatic rings. The van der Waals surface area contributed by atoms with Gasteiger partial charge in [0.25, 0.3) is 0 Å². The number of hydrogen-bond donors (Lipinski definition) is 3. The quantitative estimate of drug-likeness (QED) is 0.264. The molecule has 2 heterocycles. The van der Waals surface area contributed by atoms with Gasteiger partial charge < -0.3 is 25.7 Å². The number of nitrogens with zero attached hydrogens (tertiary/aromatic N) is 2. The Morgan fingerprint density at radius 1 is 1.16 bits per heavy atom. The molecule has 0 radical (unpaired) electrons. The molecule has 0 fully saturated rings. The van der Waals surface area contributed by atoms with Gasteiger partial charge >= 0.3 is 0 Å². The average Bonchev–Trinajstić information content (AvgIpc) is 3.26. The summed E-state index contributed by atoms with van der Waals surface area (Å²) in [5, 5.41) is 22.4. The van der Waals surface area contributed by atoms with E-state index in [-0.39, 0.29) is 29.7 Å². The fourth-order valence-corrected chi connectivity index (χ4v) is 4.50. The van der Waals surface area contributed by atoms with Gasteiger partial charge in [-0.2, -0.15) is 0 Å². The monoisotopic (exact) mass is 415 g/mol. The summed E-state index contributed by atoms with van der Waals surface area (Å²) in [4.78, 5) is 15.7. The number of ether oxygens (including phenoxy) is 1. The predicted octanol–water partition coefficient (Wildman–Crippen LogP) is 3.02. The Kier molecular flexibility index (Phi) is 4.15. The first-order valence-electron chi connectivity index (χ1n) is 9.91. The van der Waals surface area contributed by atoms with Crippen molar-refractivity contribution >= 4 is 17.4 Å². The zero-order chi connectivity index (χ0) is 21.8. The number of benzene rings is 3. The Morgan fingerprint density at radius 2 is 1.90 bits per heavy atom. The molecule has 1 amide bonds. The second kappa shape index (κ2) is 6.77. The van der Waals surface area contributed by atoms with Crippen molar-refractivity contribution in [2.45, 2.75) is 18.9 Å². The van der Waals surface area contributed by atoms with Gasteiger partial charge in [-0.25, -0.2) is 0 Å². The number of aromatic hydroxyl groups is 1. The molecule has 31 heavy (non-hydrogen) atoms. The highest BCUT2D eigenvalue weighted by atomic mass is 16.5. The summed E-state index contributed by atoms with van der Waals surface area (Å²) in [7, 11) is 0. The molecule has 3 aromatic carbocycles. The lowest BCUT2D eigenvalue weighted by Crippen LogP contribution is -2.42. The summed E-state index contributed by atoms with van der Waals surface area (Å²) >= 11 is 0. The highest BCUT2D eigenvalue weighted by Gasteiger charge is 2.57. The molecule has 156 valence electrons. The van der Waals surface area contributed by atoms with Gasteiger partial charge in [-0.3, -0.25) is 4.79 Å². The first-order valence-corrected chi connectivity index (χ1v) is 9.91. The highest BCUT2D eigenvalue weighted by Crippen LogP contribution is 2.53. The van der Waals surface area contributed by atoms with E-state index in [1.54, 1.807) is 11.0 Å². The molecule has 1 spiro atoms. The number of amides is 1. The van der Waals surface area contributed by atoms with Crippen molar-refractivity contribution in [1.29, 1.82) is 0 Å². The Labute approximate surface area is 179 Å². The third-order valence-electron chi connectivity index (χ3n) is 6.11. The third-order valence-corrected chi connectivity index (χ3v) is 6.11. The molecule has 3 aromatic rings. The molecule has 4 N–H and O–H groups in total. The van der Waals surface area contributed by atoms with E-state index in [1.807, 2.05) is 55.5 Å². The van der Waals surface area contributed by atoms with E-state index in [1.165, 1.54) is 6.07 Å². The molecule has 1 unspecified atom stereocenters. The van der Waals surface area contributed by atoms with Crippen LogP contribution in [0.15, 0.2) is 65.8 Å². The van der Waals surface area contributed by atoms with E-state index in [0.717, 1.165) is 22.4 Å². The molecule has 1 atom stereocenters. The van der Waals surface area contributed by atoms with E-state index < -0.39 is 5.41 Å². The van der Waals surface area contributed by atoms with Gasteiger partial charge in [0.1, 0.15) is 23.5 Å². The molecule has 2 aliphatic heterocycles. The number of aryl methyl sites for hydroxylation is 1. The number of carbonyl (C=O) groups excluding carboxylic acids is 1. The van der Waals surface area contributed by atoms with E-state index in [2.05, 4.69) is 5.16 Å². The van der Waals surface area contributed by atoms with Crippen LogP contribution in [-0.4, -0.2) is 28.7 Å². The van der Waals surface area contributed by atoms with Gasteiger partial charge in [0.05, 0.1) is 12.1 Å². The fourth-order valence-electron chi connectivity index (χ4n) is 4.50. The van der Waals surface area contributed by atoms with Crippen LogP contribution in [0.25, 0.3) is 0 Å². The minimum atomic E-state index is -1.06. The summed E-state index contributed by atoms with van der Waals surface area (Å²) < 4.78 is 5.88. The van der Waals surface area contributed by atoms with Crippen LogP contribution in [-0.2, 0) is 16.8 Å². The molecular formula is C24H21N3O4. The lowest BCUT2D eigenvalue weighted by atomic mass is 9.76. The molecule has 0 bridgehead atoms. The number of oxime groups is 1. The van der Waals surface area contributed by atoms with E-state index in [4.69, 9.17) is 15.7 Å². The summed E-state index contributed by atoms with van der Waals surface area (Å²) in [6.45, 7) is 2.57. The topological polar surface area (TPSA) is 108 Å².